The molecule has 2 aromatic rings. The van der Waals surface area contributed by atoms with Gasteiger partial charge in [0.2, 0.25) is 70.9 Å². The molecule has 2 aliphatic heterocycles. The third-order valence-electron chi connectivity index (χ3n) is 18.8. The highest BCUT2D eigenvalue weighted by atomic mass is 19.4. The van der Waals surface area contributed by atoms with Gasteiger partial charge in [0.25, 0.3) is 0 Å². The number of likely N-dealkylation sites (tertiary alicyclic amines) is 1. The summed E-state index contributed by atoms with van der Waals surface area (Å²) in [6.07, 6.45) is -5.19. The maximum Gasteiger partial charge on any atom is 0.416 e. The summed E-state index contributed by atoms with van der Waals surface area (Å²) in [7, 11) is 9.18. The van der Waals surface area contributed by atoms with E-state index in [0.29, 0.717) is 37.9 Å². The molecule has 2 heterocycles. The Kier molecular flexibility index (Phi) is 30.3. The quantitative estimate of drug-likeness (QED) is 0.192. The summed E-state index contributed by atoms with van der Waals surface area (Å²) in [4.78, 5) is 186. The van der Waals surface area contributed by atoms with Crippen LogP contribution in [0.3, 0.4) is 0 Å². The number of alkyl halides is 3. The first-order chi connectivity index (χ1) is 45.6. The van der Waals surface area contributed by atoms with Crippen molar-refractivity contribution < 1.29 is 75.8 Å². The van der Waals surface area contributed by atoms with E-state index in [1.165, 1.54) is 75.0 Å². The molecule has 2 aromatic carbocycles. The van der Waals surface area contributed by atoms with Gasteiger partial charge in [0.1, 0.15) is 53.9 Å². The Morgan fingerprint density at radius 3 is 1.62 bits per heavy atom. The van der Waals surface area contributed by atoms with Crippen LogP contribution in [0.25, 0.3) is 0 Å². The zero-order chi connectivity index (χ0) is 74.2. The van der Waals surface area contributed by atoms with Gasteiger partial charge in [-0.05, 0) is 99.8 Å². The molecule has 0 aromatic heterocycles. The van der Waals surface area contributed by atoms with Crippen LogP contribution in [-0.2, 0) is 76.6 Å². The molecule has 0 unspecified atom stereocenters. The first-order valence-electron chi connectivity index (χ1n) is 33.8. The van der Waals surface area contributed by atoms with Crippen LogP contribution in [0.15, 0.2) is 54.6 Å². The molecule has 2 aliphatic rings. The van der Waals surface area contributed by atoms with E-state index in [1.807, 2.05) is 0 Å². The molecule has 5 N–H and O–H groups in total. The Morgan fingerprint density at radius 2 is 1.10 bits per heavy atom. The first kappa shape index (κ1) is 82.3. The van der Waals surface area contributed by atoms with E-state index in [1.54, 1.807) is 85.7 Å². The van der Waals surface area contributed by atoms with Crippen LogP contribution in [0.1, 0.15) is 138 Å². The van der Waals surface area contributed by atoms with Gasteiger partial charge in [-0.3, -0.25) is 57.5 Å². The zero-order valence-corrected chi connectivity index (χ0v) is 60.5. The average molecular weight is 1380 g/mol. The fourth-order valence-electron chi connectivity index (χ4n) is 12.3. The van der Waals surface area contributed by atoms with Crippen LogP contribution in [0.5, 0.6) is 0 Å². The molecule has 0 radical (unpaired) electrons. The number of aliphatic hydroxyl groups is 1. The van der Waals surface area contributed by atoms with E-state index >= 15 is 19.2 Å². The fourth-order valence-corrected chi connectivity index (χ4v) is 12.3. The fraction of sp³-hybridized carbons (Fsp3) is 0.657. The molecular weight excluding hydrogens is 1270 g/mol. The van der Waals surface area contributed by atoms with Crippen LogP contribution >= 0.6 is 0 Å². The van der Waals surface area contributed by atoms with Crippen LogP contribution in [-0.4, -0.2) is 251 Å². The third-order valence-corrected chi connectivity index (χ3v) is 18.8. The van der Waals surface area contributed by atoms with Gasteiger partial charge in [-0.15, -0.1) is 0 Å². The number of amides is 12. The van der Waals surface area contributed by atoms with Crippen molar-refractivity contribution in [3.05, 3.63) is 71.3 Å². The standard InChI is InChI=1S/C70H107F3N12O13/c1-19-44(8)57-67(97)83(17)51(34-41(2)3)61(91)76-58(46(10)86)66(96)79(13)40-56(89)81(15)53(36-47-26-22-20-23-27-47)65(95)82(16)52(35-42(4)5)62(92)77-69(11,38-48-28-30-49(31-29-48)70(71,72)73)68(98)84(18)59(43(6)7)63(93)74-50(64(94)85-32-24-21-25-33-85)37-54(87)78(12)39-55(88)80(14)45(9)60(90)75-57/h20,22-23,26-31,41-46,50-53,57-59,86H,19,21,24-25,32-40H2,1-18H3,(H,74,93)(H,75,90)(H,76,91)(H,77,92)/t44-,45-,46+,50-,51-,52-,53-,57-,58-,59-,69-/m0/s1. The highest BCUT2D eigenvalue weighted by molar-refractivity contribution is 6.00. The second kappa shape index (κ2) is 36.1. The highest BCUT2D eigenvalue weighted by Gasteiger charge is 2.47. The molecule has 2 fully saturated rings. The lowest BCUT2D eigenvalue weighted by Crippen LogP contribution is -2.66. The first-order valence-corrected chi connectivity index (χ1v) is 33.8. The summed E-state index contributed by atoms with van der Waals surface area (Å²) in [5, 5.41) is 22.1. The van der Waals surface area contributed by atoms with Crippen molar-refractivity contribution in [2.45, 2.75) is 200 Å². The number of likely N-dealkylation sites (N-methyl/N-ethyl adjacent to an activating group) is 7. The summed E-state index contributed by atoms with van der Waals surface area (Å²) >= 11 is 0. The van der Waals surface area contributed by atoms with E-state index in [0.717, 1.165) is 65.0 Å². The maximum absolute atomic E-state index is 15.6. The monoisotopic (exact) mass is 1380 g/mol. The number of rotatable bonds is 13. The Balaban J connectivity index is 1.97. The van der Waals surface area contributed by atoms with Crippen LogP contribution in [0.2, 0.25) is 0 Å². The van der Waals surface area contributed by atoms with Crippen molar-refractivity contribution in [3.63, 3.8) is 0 Å². The van der Waals surface area contributed by atoms with E-state index in [4.69, 9.17) is 0 Å². The van der Waals surface area contributed by atoms with E-state index < -0.39 is 180 Å². The summed E-state index contributed by atoms with van der Waals surface area (Å²) < 4.78 is 41.9. The highest BCUT2D eigenvalue weighted by Crippen LogP contribution is 2.31. The Morgan fingerprint density at radius 1 is 0.582 bits per heavy atom. The molecule has 0 spiro atoms. The van der Waals surface area contributed by atoms with Gasteiger partial charge in [-0.25, -0.2) is 0 Å². The topological polar surface area (TPSA) is 299 Å². The lowest BCUT2D eigenvalue weighted by Gasteiger charge is -2.41. The van der Waals surface area contributed by atoms with Crippen LogP contribution < -0.4 is 21.3 Å². The van der Waals surface area contributed by atoms with Crippen LogP contribution in [0, 0.1) is 23.7 Å². The van der Waals surface area contributed by atoms with E-state index in [2.05, 4.69) is 21.3 Å². The van der Waals surface area contributed by atoms with E-state index in [-0.39, 0.29) is 36.7 Å². The van der Waals surface area contributed by atoms with Gasteiger partial charge in [0.15, 0.2) is 0 Å². The molecule has 0 saturated carbocycles. The van der Waals surface area contributed by atoms with Gasteiger partial charge in [0, 0.05) is 75.3 Å². The molecule has 546 valence electrons. The molecular formula is C70H107F3N12O13. The van der Waals surface area contributed by atoms with Gasteiger partial charge < -0.3 is 65.6 Å². The second-order valence-electron chi connectivity index (χ2n) is 28.1. The number of piperidine rings is 1. The minimum Gasteiger partial charge on any atom is -0.391 e. The second-order valence-corrected chi connectivity index (χ2v) is 28.1. The number of aliphatic hydroxyl groups excluding tert-OH is 1. The summed E-state index contributed by atoms with van der Waals surface area (Å²) in [6, 6.07) is 1.13. The van der Waals surface area contributed by atoms with Crippen molar-refractivity contribution in [3.8, 4) is 0 Å². The predicted octanol–water partition coefficient (Wildman–Crippen LogP) is 3.48. The van der Waals surface area contributed by atoms with Gasteiger partial charge in [-0.2, -0.15) is 13.2 Å². The summed E-state index contributed by atoms with van der Waals surface area (Å²) in [6.45, 7) is 17.1. The van der Waals surface area contributed by atoms with Crippen molar-refractivity contribution in [1.29, 1.82) is 0 Å². The molecule has 12 amide bonds. The molecule has 4 rings (SSSR count). The molecule has 2 saturated heterocycles. The molecule has 0 bridgehead atoms. The van der Waals surface area contributed by atoms with Crippen molar-refractivity contribution in [1.82, 2.24) is 60.5 Å². The molecule has 0 aliphatic carbocycles. The SMILES string of the molecule is CC[C@H](C)[C@@H]1NC(=O)[C@H](C)N(C)C(=O)CN(C)C(=O)C[C@@H](C(=O)N2CCCCC2)NC(=O)[C@H](C(C)C)N(C)C(=O)[C@](C)(Cc2ccc(C(F)(F)F)cc2)NC(=O)[C@H](CC(C)C)N(C)C(=O)[C@H](Cc2ccccc2)N(C)C(=O)CN(C)C(=O)[C@H]([C@@H](C)O)NC(=O)[C@H](CC(C)C)N(C)C1=O. The minimum atomic E-state index is -4.74. The van der Waals surface area contributed by atoms with Crippen molar-refractivity contribution in [2.24, 2.45) is 23.7 Å². The number of nitrogens with one attached hydrogen (secondary N) is 4. The third kappa shape index (κ3) is 21.9. The van der Waals surface area contributed by atoms with Crippen molar-refractivity contribution >= 4 is 70.9 Å². The van der Waals surface area contributed by atoms with Gasteiger partial charge in [-0.1, -0.05) is 104 Å². The van der Waals surface area contributed by atoms with Gasteiger partial charge in [0.05, 0.1) is 31.2 Å². The van der Waals surface area contributed by atoms with Crippen molar-refractivity contribution in [2.75, 3.05) is 75.5 Å². The number of hydrogen-bond acceptors (Lipinski definition) is 13. The number of carbonyl (C=O) groups excluding carboxylic acids is 12. The largest absolute Gasteiger partial charge is 0.416 e. The maximum atomic E-state index is 15.6. The number of carbonyl (C=O) groups is 12. The number of nitrogens with zero attached hydrogens (tertiary/aromatic N) is 8. The molecule has 28 heteroatoms. The van der Waals surface area contributed by atoms with Gasteiger partial charge >= 0.3 is 6.18 Å². The summed E-state index contributed by atoms with van der Waals surface area (Å²) in [5.41, 5.74) is -2.40. The Bertz CT molecular complexity index is 3130. The normalized spacial score (nSPS) is 25.8. The lowest BCUT2D eigenvalue weighted by molar-refractivity contribution is -0.152. The zero-order valence-electron chi connectivity index (χ0n) is 60.5. The smallest absolute Gasteiger partial charge is 0.391 e. The minimum absolute atomic E-state index is 0.0371. The molecule has 98 heavy (non-hydrogen) atoms. The molecule has 25 nitrogen and oxygen atoms in total. The van der Waals surface area contributed by atoms with Crippen LogP contribution in [0.4, 0.5) is 13.2 Å². The Hall–Kier alpha value is -8.17. The predicted molar refractivity (Wildman–Crippen MR) is 361 cm³/mol. The van der Waals surface area contributed by atoms with E-state index in [9.17, 15) is 56.6 Å². The Labute approximate surface area is 575 Å². The lowest BCUT2D eigenvalue weighted by atomic mass is 9.88. The average Bonchev–Trinajstić information content (AvgIpc) is 0.791. The molecule has 11 atom stereocenters. The number of halogens is 3. The number of hydrogen-bond donors (Lipinski definition) is 5. The summed E-state index contributed by atoms with van der Waals surface area (Å²) in [5.74, 6) is -11.6. The number of benzene rings is 2.